The molecule has 0 amide bonds. The molecule has 0 radical (unpaired) electrons. The Morgan fingerprint density at radius 2 is 1.69 bits per heavy atom. The number of nitrogens with zero attached hydrogens (tertiary/aromatic N) is 3. The first-order valence-corrected chi connectivity index (χ1v) is 9.42. The summed E-state index contributed by atoms with van der Waals surface area (Å²) in [4.78, 5) is 10.3. The monoisotopic (exact) mass is 384 g/mol. The molecule has 10 heteroatoms. The van der Waals surface area contributed by atoms with Gasteiger partial charge in [-0.3, -0.25) is 4.72 Å². The maximum Gasteiger partial charge on any atom is 0.262 e. The van der Waals surface area contributed by atoms with Gasteiger partial charge in [0.05, 0.1) is 35.2 Å². The Kier molecular flexibility index (Phi) is 5.05. The normalized spacial score (nSPS) is 15.2. The van der Waals surface area contributed by atoms with Crippen molar-refractivity contribution in [2.24, 2.45) is 0 Å². The largest absolute Gasteiger partial charge is 0.378 e. The van der Waals surface area contributed by atoms with E-state index in [1.54, 1.807) is 13.8 Å². The average Bonchev–Trinajstić information content (AvgIpc) is 2.61. The second-order valence-corrected chi connectivity index (χ2v) is 7.53. The van der Waals surface area contributed by atoms with Crippen LogP contribution < -0.4 is 9.62 Å². The van der Waals surface area contributed by atoms with Crippen molar-refractivity contribution in [2.75, 3.05) is 35.9 Å². The predicted molar refractivity (Wildman–Crippen MR) is 91.7 cm³/mol. The zero-order valence-electron chi connectivity index (χ0n) is 14.3. The highest BCUT2D eigenvalue weighted by Crippen LogP contribution is 2.24. The second kappa shape index (κ2) is 7.12. The Morgan fingerprint density at radius 3 is 2.27 bits per heavy atom. The summed E-state index contributed by atoms with van der Waals surface area (Å²) in [5.41, 5.74) is 1.09. The molecule has 1 aliphatic heterocycles. The molecule has 1 fully saturated rings. The molecule has 0 saturated carbocycles. The number of rotatable bonds is 4. The highest BCUT2D eigenvalue weighted by Gasteiger charge is 2.22. The van der Waals surface area contributed by atoms with Crippen LogP contribution >= 0.6 is 0 Å². The summed E-state index contributed by atoms with van der Waals surface area (Å²) in [6.07, 6.45) is 0. The van der Waals surface area contributed by atoms with Crippen LogP contribution in [0.15, 0.2) is 23.1 Å². The molecule has 26 heavy (non-hydrogen) atoms. The van der Waals surface area contributed by atoms with Gasteiger partial charge in [-0.1, -0.05) is 0 Å². The van der Waals surface area contributed by atoms with Gasteiger partial charge in [-0.25, -0.2) is 27.2 Å². The number of sulfonamides is 1. The SMILES string of the molecule is Cc1nc(N2CCOCC2)nc(C)c1NS(=O)(=O)c1ccc(F)c(F)c1. The summed E-state index contributed by atoms with van der Waals surface area (Å²) in [5, 5.41) is 0. The zero-order chi connectivity index (χ0) is 18.9. The molecule has 2 aromatic rings. The summed E-state index contributed by atoms with van der Waals surface area (Å²) in [7, 11) is -4.11. The molecular weight excluding hydrogens is 366 g/mol. The first kappa shape index (κ1) is 18.5. The molecule has 2 heterocycles. The highest BCUT2D eigenvalue weighted by molar-refractivity contribution is 7.92. The number of aromatic nitrogens is 2. The van der Waals surface area contributed by atoms with Crippen molar-refractivity contribution < 1.29 is 21.9 Å². The number of halogens is 2. The lowest BCUT2D eigenvalue weighted by Gasteiger charge is -2.27. The van der Waals surface area contributed by atoms with Gasteiger partial charge in [0, 0.05) is 13.1 Å². The Hall–Kier alpha value is -2.33. The van der Waals surface area contributed by atoms with Gasteiger partial charge in [0.1, 0.15) is 0 Å². The summed E-state index contributed by atoms with van der Waals surface area (Å²) < 4.78 is 59.0. The quantitative estimate of drug-likeness (QED) is 0.868. The minimum atomic E-state index is -4.11. The summed E-state index contributed by atoms with van der Waals surface area (Å²) in [6.45, 7) is 5.76. The van der Waals surface area contributed by atoms with Crippen LogP contribution in [0.25, 0.3) is 0 Å². The van der Waals surface area contributed by atoms with Crippen molar-refractivity contribution in [3.63, 3.8) is 0 Å². The van der Waals surface area contributed by atoms with E-state index >= 15 is 0 Å². The first-order valence-electron chi connectivity index (χ1n) is 7.94. The van der Waals surface area contributed by atoms with Gasteiger partial charge >= 0.3 is 0 Å². The van der Waals surface area contributed by atoms with Crippen LogP contribution in [0.3, 0.4) is 0 Å². The highest BCUT2D eigenvalue weighted by atomic mass is 32.2. The molecule has 1 N–H and O–H groups in total. The van der Waals surface area contributed by atoms with Crippen molar-refractivity contribution >= 4 is 21.7 Å². The van der Waals surface area contributed by atoms with Gasteiger partial charge < -0.3 is 9.64 Å². The standard InChI is InChI=1S/C16H18F2N4O3S/c1-10-15(11(2)20-16(19-10)22-5-7-25-8-6-22)21-26(23,24)12-3-4-13(17)14(18)9-12/h3-4,9,21H,5-8H2,1-2H3. The molecule has 0 spiro atoms. The Bertz CT molecular complexity index is 908. The van der Waals surface area contributed by atoms with Crippen LogP contribution in [0.5, 0.6) is 0 Å². The van der Waals surface area contributed by atoms with Gasteiger partial charge in [-0.2, -0.15) is 0 Å². The fraction of sp³-hybridized carbons (Fsp3) is 0.375. The molecule has 0 atom stereocenters. The van der Waals surface area contributed by atoms with E-state index in [2.05, 4.69) is 14.7 Å². The van der Waals surface area contributed by atoms with E-state index < -0.39 is 21.7 Å². The molecule has 3 rings (SSSR count). The number of ether oxygens (including phenoxy) is 1. The van der Waals surface area contributed by atoms with Gasteiger partial charge in [0.25, 0.3) is 10.0 Å². The Balaban J connectivity index is 1.90. The molecule has 1 saturated heterocycles. The Morgan fingerprint density at radius 1 is 1.08 bits per heavy atom. The maximum atomic E-state index is 13.4. The fourth-order valence-electron chi connectivity index (χ4n) is 2.59. The van der Waals surface area contributed by atoms with Crippen molar-refractivity contribution in [3.8, 4) is 0 Å². The molecule has 0 aliphatic carbocycles. The predicted octanol–water partition coefficient (Wildman–Crippen LogP) is 2.01. The number of anilines is 2. The number of hydrogen-bond donors (Lipinski definition) is 1. The summed E-state index contributed by atoms with van der Waals surface area (Å²) >= 11 is 0. The third kappa shape index (κ3) is 3.75. The third-order valence-electron chi connectivity index (χ3n) is 3.99. The van der Waals surface area contributed by atoms with Gasteiger partial charge in [-0.05, 0) is 32.0 Å². The Labute approximate surface area is 150 Å². The van der Waals surface area contributed by atoms with E-state index in [0.29, 0.717) is 49.7 Å². The zero-order valence-corrected chi connectivity index (χ0v) is 15.1. The smallest absolute Gasteiger partial charge is 0.262 e. The lowest BCUT2D eigenvalue weighted by molar-refractivity contribution is 0.122. The van der Waals surface area contributed by atoms with Crippen molar-refractivity contribution in [1.29, 1.82) is 0 Å². The summed E-state index contributed by atoms with van der Waals surface area (Å²) in [6, 6.07) is 2.39. The van der Waals surface area contributed by atoms with Crippen LogP contribution in [-0.2, 0) is 14.8 Å². The van der Waals surface area contributed by atoms with E-state index in [0.717, 1.165) is 12.1 Å². The molecule has 0 unspecified atom stereocenters. The molecule has 7 nitrogen and oxygen atoms in total. The number of aryl methyl sites for hydroxylation is 2. The topological polar surface area (TPSA) is 84.4 Å². The molecule has 140 valence electrons. The summed E-state index contributed by atoms with van der Waals surface area (Å²) in [5.74, 6) is -1.85. The lowest BCUT2D eigenvalue weighted by Crippen LogP contribution is -2.37. The molecule has 1 aromatic carbocycles. The minimum absolute atomic E-state index is 0.215. The molecule has 0 bridgehead atoms. The molecule has 1 aliphatic rings. The van der Waals surface area contributed by atoms with Gasteiger partial charge in [0.15, 0.2) is 11.6 Å². The molecule has 1 aromatic heterocycles. The van der Waals surface area contributed by atoms with Crippen molar-refractivity contribution in [1.82, 2.24) is 9.97 Å². The van der Waals surface area contributed by atoms with Crippen LogP contribution in [0, 0.1) is 25.5 Å². The maximum absolute atomic E-state index is 13.4. The van der Waals surface area contributed by atoms with E-state index in [1.807, 2.05) is 4.90 Å². The second-order valence-electron chi connectivity index (χ2n) is 5.85. The van der Waals surface area contributed by atoms with E-state index in [-0.39, 0.29) is 10.6 Å². The number of benzene rings is 1. The first-order chi connectivity index (χ1) is 12.3. The van der Waals surface area contributed by atoms with Crippen LogP contribution in [-0.4, -0.2) is 44.7 Å². The number of hydrogen-bond acceptors (Lipinski definition) is 6. The van der Waals surface area contributed by atoms with Crippen LogP contribution in [0.1, 0.15) is 11.4 Å². The van der Waals surface area contributed by atoms with Crippen LogP contribution in [0.2, 0.25) is 0 Å². The minimum Gasteiger partial charge on any atom is -0.378 e. The third-order valence-corrected chi connectivity index (χ3v) is 5.34. The number of morpholine rings is 1. The van der Waals surface area contributed by atoms with E-state index in [4.69, 9.17) is 4.74 Å². The fourth-order valence-corrected chi connectivity index (χ4v) is 3.78. The van der Waals surface area contributed by atoms with E-state index in [9.17, 15) is 17.2 Å². The van der Waals surface area contributed by atoms with Crippen molar-refractivity contribution in [2.45, 2.75) is 18.7 Å². The van der Waals surface area contributed by atoms with Crippen LogP contribution in [0.4, 0.5) is 20.4 Å². The van der Waals surface area contributed by atoms with E-state index in [1.165, 1.54) is 0 Å². The van der Waals surface area contributed by atoms with Gasteiger partial charge in [0.2, 0.25) is 5.95 Å². The lowest BCUT2D eigenvalue weighted by atomic mass is 10.3. The molecular formula is C16H18F2N4O3S. The van der Waals surface area contributed by atoms with Crippen molar-refractivity contribution in [3.05, 3.63) is 41.2 Å². The number of nitrogens with one attached hydrogen (secondary N) is 1. The van der Waals surface area contributed by atoms with Gasteiger partial charge in [-0.15, -0.1) is 0 Å². The average molecular weight is 384 g/mol.